The van der Waals surface area contributed by atoms with Crippen LogP contribution in [0.15, 0.2) is 113 Å². The number of fused-ring (bicyclic) bond motifs is 2. The van der Waals surface area contributed by atoms with Crippen molar-refractivity contribution in [1.29, 1.82) is 0 Å². The molecule has 0 aliphatic rings. The first-order chi connectivity index (χ1) is 21.5. The Morgan fingerprint density at radius 2 is 1.18 bits per heavy atom. The van der Waals surface area contributed by atoms with E-state index in [1.54, 1.807) is 31.4 Å². The van der Waals surface area contributed by atoms with Gasteiger partial charge in [-0.25, -0.2) is 0 Å². The van der Waals surface area contributed by atoms with Crippen molar-refractivity contribution >= 4 is 56.9 Å². The predicted molar refractivity (Wildman–Crippen MR) is 174 cm³/mol. The Labute approximate surface area is 254 Å². The maximum absolute atomic E-state index is 12.4. The number of rotatable bonds is 7. The zero-order valence-corrected chi connectivity index (χ0v) is 24.1. The van der Waals surface area contributed by atoms with E-state index in [9.17, 15) is 14.4 Å². The Morgan fingerprint density at radius 1 is 0.659 bits per heavy atom. The number of nitrogens with zero attached hydrogens (tertiary/aromatic N) is 3. The molecule has 5 aromatic carbocycles. The number of anilines is 3. The summed E-state index contributed by atoms with van der Waals surface area (Å²) >= 11 is 1.12. The quantitative estimate of drug-likeness (QED) is 0.193. The highest BCUT2D eigenvalue weighted by molar-refractivity contribution is 7.00. The lowest BCUT2D eigenvalue weighted by Gasteiger charge is -2.26. The minimum Gasteiger partial charge on any atom is -0.497 e. The van der Waals surface area contributed by atoms with Gasteiger partial charge in [-0.3, -0.25) is 24.6 Å². The Bertz CT molecular complexity index is 2270. The molecule has 214 valence electrons. The van der Waals surface area contributed by atoms with Gasteiger partial charge in [0.05, 0.1) is 29.6 Å². The molecule has 9 nitrogen and oxygen atoms in total. The van der Waals surface area contributed by atoms with Crippen molar-refractivity contribution in [2.75, 3.05) is 12.0 Å². The fourth-order valence-corrected chi connectivity index (χ4v) is 5.92. The molecule has 0 saturated carbocycles. The lowest BCUT2D eigenvalue weighted by atomic mass is 9.96. The molecule has 44 heavy (non-hydrogen) atoms. The zero-order valence-electron chi connectivity index (χ0n) is 23.3. The Morgan fingerprint density at radius 3 is 1.77 bits per heavy atom. The van der Waals surface area contributed by atoms with Crippen LogP contribution in [0.4, 0.5) is 17.1 Å². The molecular formula is C34H23N5O4S. The number of methoxy groups -OCH3 is 1. The minimum atomic E-state index is -0.367. The van der Waals surface area contributed by atoms with Gasteiger partial charge >= 0.3 is 0 Å². The third-order valence-corrected chi connectivity index (χ3v) is 8.11. The number of aldehydes is 1. The molecule has 10 heteroatoms. The van der Waals surface area contributed by atoms with Crippen LogP contribution in [0.2, 0.25) is 0 Å². The summed E-state index contributed by atoms with van der Waals surface area (Å²) in [5.74, 6) is 0.758. The second-order valence-corrected chi connectivity index (χ2v) is 10.6. The Kier molecular flexibility index (Phi) is 6.80. The van der Waals surface area contributed by atoms with Gasteiger partial charge < -0.3 is 9.64 Å². The molecule has 2 heterocycles. The molecular weight excluding hydrogens is 574 g/mol. The van der Waals surface area contributed by atoms with Crippen LogP contribution in [0, 0.1) is 0 Å². The molecule has 0 fully saturated rings. The van der Waals surface area contributed by atoms with Crippen LogP contribution < -0.4 is 20.8 Å². The van der Waals surface area contributed by atoms with E-state index in [1.807, 2.05) is 78.9 Å². The maximum atomic E-state index is 12.4. The Balaban J connectivity index is 1.28. The van der Waals surface area contributed by atoms with Crippen LogP contribution in [0.1, 0.15) is 10.4 Å². The van der Waals surface area contributed by atoms with Gasteiger partial charge in [-0.05, 0) is 83.9 Å². The van der Waals surface area contributed by atoms with Crippen molar-refractivity contribution in [1.82, 2.24) is 18.9 Å². The zero-order chi connectivity index (χ0) is 30.2. The first-order valence-corrected chi connectivity index (χ1v) is 14.4. The van der Waals surface area contributed by atoms with Crippen LogP contribution in [0.25, 0.3) is 44.1 Å². The highest BCUT2D eigenvalue weighted by Crippen LogP contribution is 2.39. The number of H-pyrrole nitrogens is 2. The standard InChI is InChI=1S/C34H23N5O4S/c1-43-26-13-11-25(12-14-26)39(23-7-2-20(19-40)3-8-23)24-9-4-21(5-10-24)27-16-17-28(32-31(27)37-44-38-32)22-6-15-29-30(18-22)34(42)36-35-33(29)41/h2-19H,1H3,(H,35,41)(H,36,42). The molecule has 2 N–H and O–H groups in total. The highest BCUT2D eigenvalue weighted by atomic mass is 32.1. The van der Waals surface area contributed by atoms with E-state index < -0.39 is 0 Å². The van der Waals surface area contributed by atoms with Crippen molar-refractivity contribution in [2.24, 2.45) is 0 Å². The number of carbonyl (C=O) groups excluding carboxylic acids is 1. The largest absolute Gasteiger partial charge is 0.497 e. The fourth-order valence-electron chi connectivity index (χ4n) is 5.35. The summed E-state index contributed by atoms with van der Waals surface area (Å²) in [6.07, 6.45) is 0.830. The summed E-state index contributed by atoms with van der Waals surface area (Å²) in [6.45, 7) is 0. The van der Waals surface area contributed by atoms with E-state index in [2.05, 4.69) is 23.8 Å². The number of aromatic amines is 2. The SMILES string of the molecule is COc1ccc(N(c2ccc(C=O)cc2)c2ccc(-c3ccc(-c4ccc5c(=O)[nH][nH]c(=O)c5c4)c4nsnc34)cc2)cc1. The van der Waals surface area contributed by atoms with E-state index in [-0.39, 0.29) is 11.1 Å². The lowest BCUT2D eigenvalue weighted by molar-refractivity contribution is 0.112. The van der Waals surface area contributed by atoms with Crippen LogP contribution in [0.3, 0.4) is 0 Å². The van der Waals surface area contributed by atoms with E-state index >= 15 is 0 Å². The third kappa shape index (κ3) is 4.73. The molecule has 0 saturated heterocycles. The smallest absolute Gasteiger partial charge is 0.270 e. The van der Waals surface area contributed by atoms with E-state index in [0.717, 1.165) is 68.6 Å². The van der Waals surface area contributed by atoms with Gasteiger partial charge in [-0.2, -0.15) is 8.75 Å². The molecule has 0 unspecified atom stereocenters. The predicted octanol–water partition coefficient (Wildman–Crippen LogP) is 6.85. The number of nitrogens with one attached hydrogen (secondary N) is 2. The molecule has 7 rings (SSSR count). The summed E-state index contributed by atoms with van der Waals surface area (Å²) in [6, 6.07) is 32.5. The van der Waals surface area contributed by atoms with Gasteiger partial charge in [0.15, 0.2) is 0 Å². The number of carbonyl (C=O) groups is 1. The lowest BCUT2D eigenvalue weighted by Crippen LogP contribution is -2.18. The van der Waals surface area contributed by atoms with Crippen molar-refractivity contribution in [3.63, 3.8) is 0 Å². The number of aromatic nitrogens is 4. The first kappa shape index (κ1) is 27.0. The summed E-state index contributed by atoms with van der Waals surface area (Å²) in [5, 5.41) is 5.38. The molecule has 0 spiro atoms. The minimum absolute atomic E-state index is 0.310. The number of ether oxygens (including phenoxy) is 1. The molecule has 0 amide bonds. The number of hydrogen-bond donors (Lipinski definition) is 2. The summed E-state index contributed by atoms with van der Waals surface area (Å²) in [4.78, 5) is 37.9. The van der Waals surface area contributed by atoms with Gasteiger partial charge in [-0.15, -0.1) is 0 Å². The van der Waals surface area contributed by atoms with E-state index in [0.29, 0.717) is 21.9 Å². The average Bonchev–Trinajstić information content (AvgIpc) is 3.57. The number of hydrogen-bond acceptors (Lipinski definition) is 8. The normalized spacial score (nSPS) is 11.1. The summed E-state index contributed by atoms with van der Waals surface area (Å²) < 4.78 is 14.6. The second-order valence-electron chi connectivity index (χ2n) is 10.1. The van der Waals surface area contributed by atoms with Crippen molar-refractivity contribution < 1.29 is 9.53 Å². The number of benzene rings is 5. The third-order valence-electron chi connectivity index (χ3n) is 7.58. The molecule has 2 aromatic heterocycles. The topological polar surface area (TPSA) is 121 Å². The van der Waals surface area contributed by atoms with Crippen LogP contribution in [0.5, 0.6) is 5.75 Å². The van der Waals surface area contributed by atoms with Crippen LogP contribution in [-0.4, -0.2) is 32.3 Å². The molecule has 7 aromatic rings. The molecule has 0 aliphatic heterocycles. The van der Waals surface area contributed by atoms with E-state index in [4.69, 9.17) is 4.74 Å². The van der Waals surface area contributed by atoms with Gasteiger partial charge in [0, 0.05) is 33.8 Å². The van der Waals surface area contributed by atoms with Crippen molar-refractivity contribution in [3.8, 4) is 28.0 Å². The van der Waals surface area contributed by atoms with E-state index in [1.165, 1.54) is 0 Å². The fraction of sp³-hybridized carbons (Fsp3) is 0.0294. The molecule has 0 atom stereocenters. The highest BCUT2D eigenvalue weighted by Gasteiger charge is 2.17. The van der Waals surface area contributed by atoms with Crippen molar-refractivity contribution in [2.45, 2.75) is 0 Å². The van der Waals surface area contributed by atoms with Crippen LogP contribution >= 0.6 is 11.7 Å². The molecule has 0 radical (unpaired) electrons. The van der Waals surface area contributed by atoms with Crippen molar-refractivity contribution in [3.05, 3.63) is 129 Å². The van der Waals surface area contributed by atoms with Gasteiger partial charge in [0.1, 0.15) is 23.1 Å². The summed E-state index contributed by atoms with van der Waals surface area (Å²) in [7, 11) is 1.64. The van der Waals surface area contributed by atoms with Gasteiger partial charge in [0.2, 0.25) is 0 Å². The van der Waals surface area contributed by atoms with Gasteiger partial charge in [-0.1, -0.05) is 30.3 Å². The second kappa shape index (κ2) is 11.1. The maximum Gasteiger partial charge on any atom is 0.270 e. The average molecular weight is 598 g/mol. The van der Waals surface area contributed by atoms with Gasteiger partial charge in [0.25, 0.3) is 11.1 Å². The summed E-state index contributed by atoms with van der Waals surface area (Å²) in [5.41, 5.74) is 7.59. The monoisotopic (exact) mass is 597 g/mol. The Hall–Kier alpha value is -5.87. The van der Waals surface area contributed by atoms with Crippen LogP contribution in [-0.2, 0) is 0 Å². The molecule has 0 aliphatic carbocycles. The first-order valence-electron chi connectivity index (χ1n) is 13.6. The molecule has 0 bridgehead atoms.